The normalized spacial score (nSPS) is 12.0. The van der Waals surface area contributed by atoms with E-state index in [0.717, 1.165) is 0 Å². The summed E-state index contributed by atoms with van der Waals surface area (Å²) in [5.74, 6) is -5.10. The van der Waals surface area contributed by atoms with Crippen molar-refractivity contribution in [3.05, 3.63) is 29.6 Å². The molecule has 0 aliphatic heterocycles. The predicted molar refractivity (Wildman–Crippen MR) is 55.6 cm³/mol. The molecule has 0 fully saturated rings. The molecular weight excluding hydrogens is 329 g/mol. The first-order chi connectivity index (χ1) is 9.85. The molecule has 0 saturated carbocycles. The van der Waals surface area contributed by atoms with Crippen molar-refractivity contribution in [3.8, 4) is 0 Å². The van der Waals surface area contributed by atoms with E-state index in [1.54, 1.807) is 0 Å². The third-order valence-electron chi connectivity index (χ3n) is 2.11. The minimum absolute atomic E-state index is 0.267. The highest BCUT2D eigenvalue weighted by molar-refractivity contribution is 5.92. The van der Waals surface area contributed by atoms with Crippen molar-refractivity contribution < 1.29 is 45.2 Å². The van der Waals surface area contributed by atoms with Gasteiger partial charge in [0.05, 0.1) is 5.56 Å². The molecule has 12 heteroatoms. The molecule has 0 atom stereocenters. The Balaban J connectivity index is 3.30. The van der Waals surface area contributed by atoms with E-state index in [4.69, 9.17) is 0 Å². The lowest BCUT2D eigenvalue weighted by Crippen LogP contribution is -2.42. The third kappa shape index (κ3) is 3.77. The molecule has 0 aliphatic carbocycles. The molecule has 0 aliphatic rings. The van der Waals surface area contributed by atoms with Crippen molar-refractivity contribution >= 4 is 17.7 Å². The number of amides is 2. The molecule has 1 aromatic rings. The Labute approximate surface area is 117 Å². The summed E-state index contributed by atoms with van der Waals surface area (Å²) >= 11 is 0. The van der Waals surface area contributed by atoms with Crippen LogP contribution >= 0.6 is 0 Å². The minimum Gasteiger partial charge on any atom is -0.349 e. The van der Waals surface area contributed by atoms with Crippen LogP contribution in [0.4, 0.5) is 41.2 Å². The number of hydrogen-bond acceptors (Lipinski definition) is 3. The fourth-order valence-electron chi connectivity index (χ4n) is 1.24. The fourth-order valence-corrected chi connectivity index (χ4v) is 1.24. The van der Waals surface area contributed by atoms with Crippen LogP contribution in [0.15, 0.2) is 18.2 Å². The van der Waals surface area contributed by atoms with Crippen molar-refractivity contribution in [1.29, 1.82) is 0 Å². The number of benzene rings is 1. The number of urea groups is 1. The van der Waals surface area contributed by atoms with Gasteiger partial charge < -0.3 is 10.6 Å². The average Bonchev–Trinajstić information content (AvgIpc) is 2.33. The van der Waals surface area contributed by atoms with Gasteiger partial charge in [-0.1, -0.05) is 6.07 Å². The molecule has 1 aromatic carbocycles. The summed E-state index contributed by atoms with van der Waals surface area (Å²) in [6.07, 6.45) is -10.8. The Morgan fingerprint density at radius 1 is 1.09 bits per heavy atom. The van der Waals surface area contributed by atoms with Crippen LogP contribution < -0.4 is 10.8 Å². The van der Waals surface area contributed by atoms with Gasteiger partial charge in [-0.3, -0.25) is 0 Å². The molecule has 0 spiro atoms. The van der Waals surface area contributed by atoms with Gasteiger partial charge in [-0.05, 0) is 12.1 Å². The molecule has 1 rings (SSSR count). The second-order valence-corrected chi connectivity index (χ2v) is 3.65. The molecule has 122 valence electrons. The number of carbonyl (C=O) groups is 2. The molecule has 2 amide bonds. The zero-order valence-electron chi connectivity index (χ0n) is 10.1. The molecule has 22 heavy (non-hydrogen) atoms. The van der Waals surface area contributed by atoms with E-state index in [1.165, 1.54) is 0 Å². The number of nitrogens with two attached hydrogens (primary N) is 1. The largest absolute Gasteiger partial charge is 0.493 e. The summed E-state index contributed by atoms with van der Waals surface area (Å²) in [6, 6.07) is -0.614. The Bertz CT molecular complexity index is 597. The minimum atomic E-state index is -5.58. The smallest absolute Gasteiger partial charge is 0.349 e. The first-order valence-electron chi connectivity index (χ1n) is 5.10. The van der Waals surface area contributed by atoms with Crippen LogP contribution in [0.1, 0.15) is 5.56 Å². The lowest BCUT2D eigenvalue weighted by atomic mass is 10.1. The Morgan fingerprint density at radius 2 is 1.64 bits per heavy atom. The Hall–Kier alpha value is -2.53. The van der Waals surface area contributed by atoms with Gasteiger partial charge in [-0.2, -0.15) is 26.3 Å². The molecule has 0 unspecified atom stereocenters. The first kappa shape index (κ1) is 17.5. The Kier molecular flexibility index (Phi) is 4.53. The van der Waals surface area contributed by atoms with Gasteiger partial charge in [0, 0.05) is 0 Å². The molecule has 0 saturated heterocycles. The SMILES string of the molecule is NC(=O)N(OC(=O)C(F)(F)F)c1cccc(C(F)(F)F)c1F. The van der Waals surface area contributed by atoms with Crippen molar-refractivity contribution in [1.82, 2.24) is 0 Å². The highest BCUT2D eigenvalue weighted by Crippen LogP contribution is 2.35. The number of halogens is 7. The highest BCUT2D eigenvalue weighted by atomic mass is 19.4. The summed E-state index contributed by atoms with van der Waals surface area (Å²) in [5.41, 5.74) is 1.29. The van der Waals surface area contributed by atoms with E-state index in [2.05, 4.69) is 10.6 Å². The number of carbonyl (C=O) groups excluding carboxylic acids is 2. The number of primary amides is 1. The van der Waals surface area contributed by atoms with Crippen molar-refractivity contribution in [2.75, 3.05) is 5.06 Å². The summed E-state index contributed by atoms with van der Waals surface area (Å²) in [6.45, 7) is 0. The van der Waals surface area contributed by atoms with Gasteiger partial charge >= 0.3 is 24.4 Å². The second kappa shape index (κ2) is 5.69. The number of anilines is 1. The molecule has 0 heterocycles. The maximum atomic E-state index is 13.7. The standard InChI is InChI=1S/C10H5F7N2O3/c11-6-4(9(12,13)14)2-1-3-5(6)19(8(18)21)22-7(20)10(15,16)17/h1-3H,(H2,18,21). The number of hydroxylamine groups is 1. The van der Waals surface area contributed by atoms with Crippen molar-refractivity contribution in [2.24, 2.45) is 5.73 Å². The molecular formula is C10H5F7N2O3. The van der Waals surface area contributed by atoms with Gasteiger partial charge in [0.2, 0.25) is 0 Å². The lowest BCUT2D eigenvalue weighted by Gasteiger charge is -2.21. The number of rotatable bonds is 1. The van der Waals surface area contributed by atoms with Crippen LogP contribution in [0, 0.1) is 5.82 Å². The molecule has 0 aromatic heterocycles. The zero-order valence-corrected chi connectivity index (χ0v) is 10.1. The van der Waals surface area contributed by atoms with Gasteiger partial charge in [-0.25, -0.2) is 14.0 Å². The van der Waals surface area contributed by atoms with E-state index in [9.17, 15) is 40.3 Å². The topological polar surface area (TPSA) is 72.6 Å². The second-order valence-electron chi connectivity index (χ2n) is 3.65. The summed E-state index contributed by atoms with van der Waals surface area (Å²) in [4.78, 5) is 25.0. The molecule has 0 bridgehead atoms. The quantitative estimate of drug-likeness (QED) is 0.634. The average molecular weight is 334 g/mol. The van der Waals surface area contributed by atoms with E-state index in [0.29, 0.717) is 12.1 Å². The van der Waals surface area contributed by atoms with E-state index in [1.807, 2.05) is 0 Å². The summed E-state index contributed by atoms with van der Waals surface area (Å²) in [7, 11) is 0. The first-order valence-corrected chi connectivity index (χ1v) is 5.10. The molecule has 0 radical (unpaired) electrons. The lowest BCUT2D eigenvalue weighted by molar-refractivity contribution is -0.199. The molecule has 2 N–H and O–H groups in total. The summed E-state index contributed by atoms with van der Waals surface area (Å²) < 4.78 is 87.2. The van der Waals surface area contributed by atoms with Crippen LogP contribution in [-0.2, 0) is 15.8 Å². The maximum absolute atomic E-state index is 13.7. The number of hydrogen-bond donors (Lipinski definition) is 1. The van der Waals surface area contributed by atoms with Crippen molar-refractivity contribution in [2.45, 2.75) is 12.4 Å². The predicted octanol–water partition coefficient (Wildman–Crippen LogP) is 2.75. The van der Waals surface area contributed by atoms with Crippen LogP contribution in [0.2, 0.25) is 0 Å². The van der Waals surface area contributed by atoms with Gasteiger partial charge in [0.1, 0.15) is 5.69 Å². The van der Waals surface area contributed by atoms with Crippen LogP contribution in [-0.4, -0.2) is 18.2 Å². The van der Waals surface area contributed by atoms with Crippen LogP contribution in [0.5, 0.6) is 0 Å². The van der Waals surface area contributed by atoms with Gasteiger partial charge in [-0.15, -0.1) is 5.06 Å². The van der Waals surface area contributed by atoms with Crippen LogP contribution in [0.25, 0.3) is 0 Å². The van der Waals surface area contributed by atoms with Gasteiger partial charge in [0.15, 0.2) is 5.82 Å². The maximum Gasteiger partial charge on any atom is 0.493 e. The summed E-state index contributed by atoms with van der Waals surface area (Å²) in [5, 5.41) is -0.722. The van der Waals surface area contributed by atoms with E-state index < -0.39 is 46.5 Å². The molecule has 5 nitrogen and oxygen atoms in total. The fraction of sp³-hybridized carbons (Fsp3) is 0.200. The van der Waals surface area contributed by atoms with Crippen molar-refractivity contribution in [3.63, 3.8) is 0 Å². The Morgan fingerprint density at radius 3 is 2.05 bits per heavy atom. The zero-order chi connectivity index (χ0) is 17.3. The van der Waals surface area contributed by atoms with E-state index >= 15 is 0 Å². The number of alkyl halides is 6. The monoisotopic (exact) mass is 334 g/mol. The number of nitrogens with zero attached hydrogens (tertiary/aromatic N) is 1. The third-order valence-corrected chi connectivity index (χ3v) is 2.11. The van der Waals surface area contributed by atoms with Crippen LogP contribution in [0.3, 0.4) is 0 Å². The van der Waals surface area contributed by atoms with Gasteiger partial charge in [0.25, 0.3) is 0 Å². The van der Waals surface area contributed by atoms with E-state index in [-0.39, 0.29) is 6.07 Å². The highest BCUT2D eigenvalue weighted by Gasteiger charge is 2.44.